The Morgan fingerprint density at radius 2 is 2.17 bits per heavy atom. The van der Waals surface area contributed by atoms with Crippen LogP contribution in [-0.2, 0) is 20.1 Å². The molecular weight excluding hydrogens is 426 g/mol. The van der Waals surface area contributed by atoms with E-state index in [1.165, 1.54) is 19.5 Å². The largest absolute Gasteiger partial charge is 0.494 e. The molecule has 132 valence electrons. The van der Waals surface area contributed by atoms with Gasteiger partial charge in [-0.25, -0.2) is 14.4 Å². The van der Waals surface area contributed by atoms with Crippen LogP contribution >= 0.6 is 24.0 Å². The summed E-state index contributed by atoms with van der Waals surface area (Å²) in [6.45, 7) is 3.56. The van der Waals surface area contributed by atoms with Crippen molar-refractivity contribution >= 4 is 29.9 Å². The van der Waals surface area contributed by atoms with Gasteiger partial charge in [-0.1, -0.05) is 6.07 Å². The van der Waals surface area contributed by atoms with Crippen LogP contribution in [0.5, 0.6) is 5.75 Å². The molecule has 24 heavy (non-hydrogen) atoms. The molecule has 0 aliphatic carbocycles. The third-order valence-corrected chi connectivity index (χ3v) is 3.20. The highest BCUT2D eigenvalue weighted by Gasteiger charge is 2.05. The van der Waals surface area contributed by atoms with Crippen molar-refractivity contribution in [2.45, 2.75) is 20.0 Å². The molecule has 1 aromatic carbocycles. The van der Waals surface area contributed by atoms with Crippen molar-refractivity contribution in [3.63, 3.8) is 0 Å². The van der Waals surface area contributed by atoms with E-state index in [0.717, 1.165) is 17.9 Å². The molecule has 0 amide bonds. The maximum Gasteiger partial charge on any atom is 0.191 e. The van der Waals surface area contributed by atoms with Crippen molar-refractivity contribution in [3.05, 3.63) is 41.7 Å². The molecule has 2 N–H and O–H groups in total. The van der Waals surface area contributed by atoms with Gasteiger partial charge in [-0.05, 0) is 24.6 Å². The molecule has 2 aromatic rings. The van der Waals surface area contributed by atoms with E-state index in [9.17, 15) is 4.39 Å². The number of nitrogens with one attached hydrogen (secondary N) is 2. The van der Waals surface area contributed by atoms with E-state index in [1.54, 1.807) is 16.8 Å². The molecule has 0 radical (unpaired) electrons. The summed E-state index contributed by atoms with van der Waals surface area (Å²) in [5.41, 5.74) is 0.763. The smallest absolute Gasteiger partial charge is 0.191 e. The van der Waals surface area contributed by atoms with Crippen molar-refractivity contribution in [2.24, 2.45) is 12.0 Å². The van der Waals surface area contributed by atoms with Gasteiger partial charge in [0, 0.05) is 13.6 Å². The van der Waals surface area contributed by atoms with Crippen LogP contribution in [0.3, 0.4) is 0 Å². The van der Waals surface area contributed by atoms with Gasteiger partial charge >= 0.3 is 0 Å². The number of nitrogens with zero attached hydrogens (tertiary/aromatic N) is 4. The van der Waals surface area contributed by atoms with Gasteiger partial charge < -0.3 is 15.4 Å². The number of ether oxygens (including phenoxy) is 1. The van der Waals surface area contributed by atoms with Gasteiger partial charge in [0.1, 0.15) is 12.2 Å². The Bertz CT molecular complexity index is 676. The number of aliphatic imine (C=N–C) groups is 1. The van der Waals surface area contributed by atoms with Crippen LogP contribution in [0.1, 0.15) is 18.3 Å². The SMILES string of the molecule is CCNC(=NCc1ccc(OC)c(F)c1)NCc1ncnn1C.I. The molecule has 0 saturated heterocycles. The fraction of sp³-hybridized carbons (Fsp3) is 0.400. The lowest BCUT2D eigenvalue weighted by Crippen LogP contribution is -2.37. The van der Waals surface area contributed by atoms with Gasteiger partial charge in [0.2, 0.25) is 0 Å². The van der Waals surface area contributed by atoms with Gasteiger partial charge in [0.05, 0.1) is 20.2 Å². The molecule has 0 spiro atoms. The van der Waals surface area contributed by atoms with E-state index in [4.69, 9.17) is 4.74 Å². The zero-order chi connectivity index (χ0) is 16.7. The van der Waals surface area contributed by atoms with Crippen molar-refractivity contribution in [1.82, 2.24) is 25.4 Å². The van der Waals surface area contributed by atoms with Crippen LogP contribution in [0, 0.1) is 5.82 Å². The van der Waals surface area contributed by atoms with E-state index in [-0.39, 0.29) is 29.7 Å². The molecule has 2 rings (SSSR count). The fourth-order valence-corrected chi connectivity index (χ4v) is 1.96. The molecule has 0 aliphatic heterocycles. The molecule has 0 aliphatic rings. The third kappa shape index (κ3) is 5.62. The molecule has 0 unspecified atom stereocenters. The Morgan fingerprint density at radius 3 is 2.75 bits per heavy atom. The highest BCUT2D eigenvalue weighted by atomic mass is 127. The first-order valence-electron chi connectivity index (χ1n) is 7.31. The van der Waals surface area contributed by atoms with E-state index in [1.807, 2.05) is 14.0 Å². The highest BCUT2D eigenvalue weighted by molar-refractivity contribution is 14.0. The lowest BCUT2D eigenvalue weighted by Gasteiger charge is -2.11. The minimum absolute atomic E-state index is 0. The quantitative estimate of drug-likeness (QED) is 0.401. The number of rotatable bonds is 6. The molecule has 0 bridgehead atoms. The number of aromatic nitrogens is 3. The van der Waals surface area contributed by atoms with E-state index in [0.29, 0.717) is 19.0 Å². The summed E-state index contributed by atoms with van der Waals surface area (Å²) in [5.74, 6) is 1.26. The minimum atomic E-state index is -0.391. The van der Waals surface area contributed by atoms with Crippen molar-refractivity contribution in [3.8, 4) is 5.75 Å². The van der Waals surface area contributed by atoms with E-state index in [2.05, 4.69) is 25.7 Å². The first kappa shape index (κ1) is 20.1. The number of guanidine groups is 1. The molecular formula is C15H22FIN6O. The maximum atomic E-state index is 13.7. The summed E-state index contributed by atoms with van der Waals surface area (Å²) in [5, 5.41) is 10.3. The standard InChI is InChI=1S/C15H21FN6O.HI/c1-4-17-15(19-9-14-20-10-21-22(14)2)18-8-11-5-6-13(23-3)12(16)7-11;/h5-7,10H,4,8-9H2,1-3H3,(H2,17,18,19);1H. The van der Waals surface area contributed by atoms with Gasteiger partial charge in [-0.15, -0.1) is 24.0 Å². The normalized spacial score (nSPS) is 10.9. The highest BCUT2D eigenvalue weighted by Crippen LogP contribution is 2.17. The van der Waals surface area contributed by atoms with Gasteiger partial charge in [-0.3, -0.25) is 4.68 Å². The molecule has 1 aromatic heterocycles. The van der Waals surface area contributed by atoms with Gasteiger partial charge in [-0.2, -0.15) is 5.10 Å². The molecule has 0 atom stereocenters. The Kier molecular flexibility index (Phi) is 8.44. The summed E-state index contributed by atoms with van der Waals surface area (Å²) < 4.78 is 20.3. The van der Waals surface area contributed by atoms with Crippen LogP contribution in [0.2, 0.25) is 0 Å². The molecule has 7 nitrogen and oxygen atoms in total. The number of hydrogen-bond acceptors (Lipinski definition) is 4. The fourth-order valence-electron chi connectivity index (χ4n) is 1.96. The topological polar surface area (TPSA) is 76.4 Å². The van der Waals surface area contributed by atoms with Gasteiger partial charge in [0.25, 0.3) is 0 Å². The number of benzene rings is 1. The summed E-state index contributed by atoms with van der Waals surface area (Å²) in [7, 11) is 3.27. The zero-order valence-corrected chi connectivity index (χ0v) is 16.2. The van der Waals surface area contributed by atoms with Crippen LogP contribution in [0.25, 0.3) is 0 Å². The second-order valence-electron chi connectivity index (χ2n) is 4.82. The average Bonchev–Trinajstić information content (AvgIpc) is 2.95. The summed E-state index contributed by atoms with van der Waals surface area (Å²) in [6.07, 6.45) is 1.50. The number of methoxy groups -OCH3 is 1. The first-order chi connectivity index (χ1) is 11.1. The Labute approximate surface area is 157 Å². The summed E-state index contributed by atoms with van der Waals surface area (Å²) in [6, 6.07) is 4.81. The minimum Gasteiger partial charge on any atom is -0.494 e. The predicted molar refractivity (Wildman–Crippen MR) is 101 cm³/mol. The maximum absolute atomic E-state index is 13.7. The summed E-state index contributed by atoms with van der Waals surface area (Å²) in [4.78, 5) is 8.58. The first-order valence-corrected chi connectivity index (χ1v) is 7.31. The van der Waals surface area contributed by atoms with Crippen LogP contribution < -0.4 is 15.4 Å². The monoisotopic (exact) mass is 448 g/mol. The second kappa shape index (κ2) is 10.1. The van der Waals surface area contributed by atoms with Crippen molar-refractivity contribution in [2.75, 3.05) is 13.7 Å². The molecule has 0 fully saturated rings. The second-order valence-corrected chi connectivity index (χ2v) is 4.82. The summed E-state index contributed by atoms with van der Waals surface area (Å²) >= 11 is 0. The third-order valence-electron chi connectivity index (χ3n) is 3.20. The predicted octanol–water partition coefficient (Wildman–Crippen LogP) is 1.84. The number of halogens is 2. The average molecular weight is 448 g/mol. The van der Waals surface area contributed by atoms with Crippen LogP contribution in [0.4, 0.5) is 4.39 Å². The number of aryl methyl sites for hydroxylation is 1. The van der Waals surface area contributed by atoms with Gasteiger partial charge in [0.15, 0.2) is 17.5 Å². The van der Waals surface area contributed by atoms with E-state index < -0.39 is 5.82 Å². The molecule has 1 heterocycles. The lowest BCUT2D eigenvalue weighted by molar-refractivity contribution is 0.386. The Hall–Kier alpha value is -1.91. The Morgan fingerprint density at radius 1 is 1.38 bits per heavy atom. The number of hydrogen-bond donors (Lipinski definition) is 2. The lowest BCUT2D eigenvalue weighted by atomic mass is 10.2. The Balaban J connectivity index is 0.00000288. The van der Waals surface area contributed by atoms with E-state index >= 15 is 0 Å². The van der Waals surface area contributed by atoms with Crippen molar-refractivity contribution in [1.29, 1.82) is 0 Å². The van der Waals surface area contributed by atoms with Crippen molar-refractivity contribution < 1.29 is 9.13 Å². The zero-order valence-electron chi connectivity index (χ0n) is 13.9. The van der Waals surface area contributed by atoms with Crippen LogP contribution in [-0.4, -0.2) is 34.4 Å². The molecule has 9 heteroatoms. The van der Waals surface area contributed by atoms with Crippen LogP contribution in [0.15, 0.2) is 29.5 Å². The molecule has 0 saturated carbocycles.